The van der Waals surface area contributed by atoms with E-state index in [1.807, 2.05) is 0 Å². The van der Waals surface area contributed by atoms with Gasteiger partial charge in [-0.15, -0.1) is 0 Å². The number of rotatable bonds is 0. The number of nitrogens with one attached hydrogen (secondary N) is 1. The Labute approximate surface area is 50.9 Å². The van der Waals surface area contributed by atoms with E-state index in [-0.39, 0.29) is 11.4 Å². The van der Waals surface area contributed by atoms with E-state index in [2.05, 4.69) is 4.98 Å². The lowest BCUT2D eigenvalue weighted by molar-refractivity contribution is 0.476. The summed E-state index contributed by atoms with van der Waals surface area (Å²) in [5.74, 6) is -0.182. The third-order valence-electron chi connectivity index (χ3n) is 0.976. The predicted octanol–water partition coefficient (Wildman–Crippen LogP) is -0.337. The van der Waals surface area contributed by atoms with E-state index in [4.69, 9.17) is 10.8 Å². The molecule has 1 aromatic rings. The normalized spacial score (nSPS) is 9.33. The van der Waals surface area contributed by atoms with Gasteiger partial charge in [-0.1, -0.05) is 0 Å². The Balaban J connectivity index is 3.43. The lowest BCUT2D eigenvalue weighted by atomic mass is 10.4. The summed E-state index contributed by atoms with van der Waals surface area (Å²) >= 11 is 0. The van der Waals surface area contributed by atoms with Gasteiger partial charge >= 0.3 is 0 Å². The number of nitrogens with two attached hydrogens (primary N) is 1. The SMILES string of the molecule is Nc1c(O)cc[nH]c1=O. The fraction of sp³-hybridized carbons (Fsp3) is 0. The van der Waals surface area contributed by atoms with Crippen molar-refractivity contribution >= 4 is 5.69 Å². The summed E-state index contributed by atoms with van der Waals surface area (Å²) in [6.45, 7) is 0. The van der Waals surface area contributed by atoms with Crippen molar-refractivity contribution in [1.29, 1.82) is 0 Å². The zero-order valence-corrected chi connectivity index (χ0v) is 4.59. The van der Waals surface area contributed by atoms with Crippen LogP contribution < -0.4 is 11.3 Å². The summed E-state index contributed by atoms with van der Waals surface area (Å²) in [5.41, 5.74) is 4.48. The molecule has 9 heavy (non-hydrogen) atoms. The summed E-state index contributed by atoms with van der Waals surface area (Å²) < 4.78 is 0. The smallest absolute Gasteiger partial charge is 0.274 e. The largest absolute Gasteiger partial charge is 0.506 e. The molecule has 0 aliphatic carbocycles. The maximum atomic E-state index is 10.5. The molecule has 0 fully saturated rings. The van der Waals surface area contributed by atoms with Crippen LogP contribution in [0.15, 0.2) is 17.1 Å². The van der Waals surface area contributed by atoms with Crippen molar-refractivity contribution in [2.24, 2.45) is 0 Å². The van der Waals surface area contributed by atoms with Crippen molar-refractivity contribution in [2.75, 3.05) is 5.73 Å². The van der Waals surface area contributed by atoms with E-state index in [0.29, 0.717) is 0 Å². The fourth-order valence-electron chi connectivity index (χ4n) is 0.480. The Morgan fingerprint density at radius 3 is 2.78 bits per heavy atom. The second-order valence-corrected chi connectivity index (χ2v) is 1.61. The lowest BCUT2D eigenvalue weighted by Gasteiger charge is -1.92. The van der Waals surface area contributed by atoms with Crippen molar-refractivity contribution in [1.82, 2.24) is 4.98 Å². The highest BCUT2D eigenvalue weighted by Gasteiger charge is 1.96. The van der Waals surface area contributed by atoms with Gasteiger partial charge in [-0.2, -0.15) is 0 Å². The number of anilines is 1. The minimum atomic E-state index is -0.463. The first-order chi connectivity index (χ1) is 4.22. The highest BCUT2D eigenvalue weighted by Crippen LogP contribution is 2.10. The molecule has 0 aliphatic heterocycles. The minimum absolute atomic E-state index is 0.141. The number of hydrogen-bond acceptors (Lipinski definition) is 3. The number of hydrogen-bond donors (Lipinski definition) is 3. The third-order valence-corrected chi connectivity index (χ3v) is 0.976. The summed E-state index contributed by atoms with van der Waals surface area (Å²) in [5, 5.41) is 8.76. The van der Waals surface area contributed by atoms with E-state index in [1.54, 1.807) is 0 Å². The molecular weight excluding hydrogens is 120 g/mol. The monoisotopic (exact) mass is 126 g/mol. The average Bonchev–Trinajstić information content (AvgIpc) is 1.83. The molecule has 4 heteroatoms. The van der Waals surface area contributed by atoms with Crippen LogP contribution in [0.3, 0.4) is 0 Å². The molecule has 1 rings (SSSR count). The second-order valence-electron chi connectivity index (χ2n) is 1.61. The second kappa shape index (κ2) is 1.81. The van der Waals surface area contributed by atoms with Crippen molar-refractivity contribution in [3.05, 3.63) is 22.6 Å². The van der Waals surface area contributed by atoms with Crippen LogP contribution in [-0.4, -0.2) is 10.1 Å². The van der Waals surface area contributed by atoms with Gasteiger partial charge in [0, 0.05) is 6.20 Å². The van der Waals surface area contributed by atoms with E-state index < -0.39 is 5.56 Å². The van der Waals surface area contributed by atoms with Crippen LogP contribution in [0.5, 0.6) is 5.75 Å². The van der Waals surface area contributed by atoms with Crippen LogP contribution in [0.1, 0.15) is 0 Å². The molecule has 0 aromatic carbocycles. The number of nitrogen functional groups attached to an aromatic ring is 1. The molecule has 0 amide bonds. The van der Waals surface area contributed by atoms with Gasteiger partial charge < -0.3 is 15.8 Å². The zero-order chi connectivity index (χ0) is 6.85. The van der Waals surface area contributed by atoms with Crippen molar-refractivity contribution in [2.45, 2.75) is 0 Å². The van der Waals surface area contributed by atoms with E-state index >= 15 is 0 Å². The summed E-state index contributed by atoms with van der Waals surface area (Å²) in [6.07, 6.45) is 1.33. The van der Waals surface area contributed by atoms with Gasteiger partial charge in [-0.25, -0.2) is 0 Å². The highest BCUT2D eigenvalue weighted by molar-refractivity contribution is 5.48. The molecule has 1 aromatic heterocycles. The van der Waals surface area contributed by atoms with Crippen molar-refractivity contribution in [3.8, 4) is 5.75 Å². The first kappa shape index (κ1) is 5.68. The zero-order valence-electron chi connectivity index (χ0n) is 4.59. The third kappa shape index (κ3) is 0.861. The summed E-state index contributed by atoms with van der Waals surface area (Å²) in [6, 6.07) is 1.32. The lowest BCUT2D eigenvalue weighted by Crippen LogP contribution is -2.09. The number of pyridine rings is 1. The van der Waals surface area contributed by atoms with Crippen LogP contribution in [-0.2, 0) is 0 Å². The van der Waals surface area contributed by atoms with Gasteiger partial charge in [-0.05, 0) is 6.07 Å². The van der Waals surface area contributed by atoms with Gasteiger partial charge in [0.05, 0.1) is 0 Å². The Bertz CT molecular complexity index is 266. The topological polar surface area (TPSA) is 79.1 Å². The minimum Gasteiger partial charge on any atom is -0.506 e. The van der Waals surface area contributed by atoms with Gasteiger partial charge in [0.25, 0.3) is 5.56 Å². The Morgan fingerprint density at radius 1 is 1.67 bits per heavy atom. The molecule has 0 spiro atoms. The van der Waals surface area contributed by atoms with E-state index in [1.165, 1.54) is 12.3 Å². The van der Waals surface area contributed by atoms with Gasteiger partial charge in [0.15, 0.2) is 0 Å². The molecule has 0 saturated carbocycles. The van der Waals surface area contributed by atoms with Gasteiger partial charge in [0.1, 0.15) is 11.4 Å². The summed E-state index contributed by atoms with van der Waals surface area (Å²) in [4.78, 5) is 12.8. The van der Waals surface area contributed by atoms with Crippen molar-refractivity contribution < 1.29 is 5.11 Å². The predicted molar refractivity (Wildman–Crippen MR) is 33.1 cm³/mol. The van der Waals surface area contributed by atoms with Crippen LogP contribution in [0.4, 0.5) is 5.69 Å². The molecule has 1 heterocycles. The number of aromatic nitrogens is 1. The quantitative estimate of drug-likeness (QED) is 0.445. The van der Waals surface area contributed by atoms with Crippen LogP contribution in [0.25, 0.3) is 0 Å². The van der Waals surface area contributed by atoms with E-state index in [0.717, 1.165) is 0 Å². The molecule has 48 valence electrons. The van der Waals surface area contributed by atoms with E-state index in [9.17, 15) is 4.79 Å². The summed E-state index contributed by atoms with van der Waals surface area (Å²) in [7, 11) is 0. The van der Waals surface area contributed by atoms with Crippen LogP contribution in [0, 0.1) is 0 Å². The van der Waals surface area contributed by atoms with Crippen LogP contribution >= 0.6 is 0 Å². The molecule has 4 N–H and O–H groups in total. The molecule has 0 aliphatic rings. The Morgan fingerprint density at radius 2 is 2.33 bits per heavy atom. The first-order valence-corrected chi connectivity index (χ1v) is 2.38. The first-order valence-electron chi connectivity index (χ1n) is 2.38. The number of H-pyrrole nitrogens is 1. The van der Waals surface area contributed by atoms with Gasteiger partial charge in [0.2, 0.25) is 0 Å². The molecule has 0 atom stereocenters. The maximum Gasteiger partial charge on any atom is 0.274 e. The Kier molecular flexibility index (Phi) is 1.14. The standard InChI is InChI=1S/C5H6N2O2/c6-4-3(8)1-2-7-5(4)9/h1-2H,6H2,(H2,7,8,9). The molecule has 4 nitrogen and oxygen atoms in total. The molecule has 0 saturated heterocycles. The highest BCUT2D eigenvalue weighted by atomic mass is 16.3. The number of aromatic amines is 1. The number of aromatic hydroxyl groups is 1. The van der Waals surface area contributed by atoms with Gasteiger partial charge in [-0.3, -0.25) is 4.79 Å². The molecular formula is C5H6N2O2. The molecule has 0 bridgehead atoms. The average molecular weight is 126 g/mol. The molecule has 0 radical (unpaired) electrons. The fourth-order valence-corrected chi connectivity index (χ4v) is 0.480. The van der Waals surface area contributed by atoms with Crippen molar-refractivity contribution in [3.63, 3.8) is 0 Å². The van der Waals surface area contributed by atoms with Crippen LogP contribution in [0.2, 0.25) is 0 Å². The molecule has 0 unspecified atom stereocenters. The maximum absolute atomic E-state index is 10.5. The Hall–Kier alpha value is -1.45.